The molecule has 0 spiro atoms. The monoisotopic (exact) mass is 644 g/mol. The minimum absolute atomic E-state index is 0.217. The molecule has 0 atom stereocenters. The zero-order valence-corrected chi connectivity index (χ0v) is 27.8. The van der Waals surface area contributed by atoms with Gasteiger partial charge < -0.3 is 35.1 Å². The fraction of sp³-hybridized carbons (Fsp3) is 0.333. The number of hydrogen-bond acceptors (Lipinski definition) is 7. The molecule has 4 aromatic rings. The van der Waals surface area contributed by atoms with Crippen LogP contribution in [-0.2, 0) is 12.8 Å². The van der Waals surface area contributed by atoms with Gasteiger partial charge in [-0.05, 0) is 87.6 Å². The van der Waals surface area contributed by atoms with Crippen LogP contribution in [0.2, 0.25) is 0 Å². The molecule has 0 saturated heterocycles. The molecule has 0 aliphatic carbocycles. The van der Waals surface area contributed by atoms with Gasteiger partial charge in [-0.15, -0.1) is 0 Å². The van der Waals surface area contributed by atoms with Crippen LogP contribution in [-0.4, -0.2) is 63.4 Å². The number of nitrogens with one attached hydrogen (secondary N) is 2. The van der Waals surface area contributed by atoms with E-state index in [9.17, 15) is 24.3 Å². The molecule has 2 aromatic heterocycles. The number of aryl methyl sites for hydroxylation is 1. The largest absolute Gasteiger partial charge is 0.506 e. The molecule has 11 nitrogen and oxygen atoms in total. The summed E-state index contributed by atoms with van der Waals surface area (Å²) in [5.41, 5.74) is 3.97. The van der Waals surface area contributed by atoms with Crippen molar-refractivity contribution in [3.05, 3.63) is 97.6 Å². The number of H-pyrrole nitrogens is 2. The van der Waals surface area contributed by atoms with Gasteiger partial charge in [0.2, 0.25) is 0 Å². The van der Waals surface area contributed by atoms with E-state index < -0.39 is 34.4 Å². The molecule has 4 rings (SSSR count). The Bertz CT molecular complexity index is 1800. The lowest BCUT2D eigenvalue weighted by atomic mass is 10.0. The lowest BCUT2D eigenvalue weighted by molar-refractivity contribution is 0.0682. The highest BCUT2D eigenvalue weighted by Crippen LogP contribution is 2.31. The quantitative estimate of drug-likeness (QED) is 0.124. The number of aromatic amines is 2. The number of aromatic nitrogens is 2. The number of rotatable bonds is 12. The highest BCUT2D eigenvalue weighted by molar-refractivity contribution is 5.92. The average Bonchev–Trinajstić information content (AvgIpc) is 3.06. The van der Waals surface area contributed by atoms with Gasteiger partial charge in [0.05, 0.1) is 11.4 Å². The van der Waals surface area contributed by atoms with Crippen molar-refractivity contribution in [3.8, 4) is 28.3 Å². The van der Waals surface area contributed by atoms with Crippen LogP contribution in [0, 0.1) is 0 Å². The summed E-state index contributed by atoms with van der Waals surface area (Å²) >= 11 is 0. The molecular weight excluding hydrogens is 600 g/mol. The molecule has 0 aliphatic heterocycles. The van der Waals surface area contributed by atoms with Crippen LogP contribution in [0.25, 0.3) is 22.5 Å². The molecule has 5 N–H and O–H groups in total. The molecule has 0 radical (unpaired) electrons. The maximum Gasteiger partial charge on any atom is 0.345 e. The summed E-state index contributed by atoms with van der Waals surface area (Å²) in [6.45, 7) is 15.7. The molecule has 250 valence electrons. The minimum Gasteiger partial charge on any atom is -0.506 e. The van der Waals surface area contributed by atoms with E-state index in [1.807, 2.05) is 55.5 Å². The predicted octanol–water partition coefficient (Wildman–Crippen LogP) is 6.00. The summed E-state index contributed by atoms with van der Waals surface area (Å²) in [5.74, 6) is -3.10. The van der Waals surface area contributed by atoms with Crippen molar-refractivity contribution in [2.45, 2.75) is 54.4 Å². The van der Waals surface area contributed by atoms with Crippen LogP contribution in [0.15, 0.2) is 64.2 Å². The van der Waals surface area contributed by atoms with E-state index in [0.29, 0.717) is 29.8 Å². The normalized spacial score (nSPS) is 10.6. The number of hydrogen-bond donors (Lipinski definition) is 5. The van der Waals surface area contributed by atoms with Crippen molar-refractivity contribution in [3.63, 3.8) is 0 Å². The van der Waals surface area contributed by atoms with Gasteiger partial charge >= 0.3 is 11.9 Å². The second-order valence-electron chi connectivity index (χ2n) is 10.7. The Hall–Kier alpha value is -5.32. The average molecular weight is 645 g/mol. The number of nitrogens with zero attached hydrogens (tertiary/aromatic N) is 2. The number of carboxylic acid groups (broad SMARTS) is 2. The molecule has 0 aliphatic rings. The standard InChI is InChI=1S/C18H22N2O4.C18H22N2O3/c1-4-13-15(19-17(22)14(16(13)21)18(23)24)11-7-9-12(10-8-11)20(5-2)6-3;1-4-12-11-15(18(22)23)17(21)19-16(12)13-7-9-14(10-8-13)20(5-2)6-3/h7-10H,4-6H2,1-3H3,(H,23,24)(H2,19,21,22);7-11H,4-6H2,1-3H3,(H,19,21)(H,22,23). The van der Waals surface area contributed by atoms with Crippen molar-refractivity contribution >= 4 is 23.3 Å². The fourth-order valence-corrected chi connectivity index (χ4v) is 5.54. The molecule has 2 heterocycles. The molecule has 0 saturated carbocycles. The van der Waals surface area contributed by atoms with Crippen LogP contribution in [0.1, 0.15) is 73.4 Å². The number of pyridine rings is 2. The summed E-state index contributed by atoms with van der Waals surface area (Å²) in [6.07, 6.45) is 1.04. The molecule has 0 amide bonds. The number of carboxylic acids is 2. The molecule has 0 bridgehead atoms. The third-order valence-corrected chi connectivity index (χ3v) is 8.16. The topological polar surface area (TPSA) is 167 Å². The van der Waals surface area contributed by atoms with E-state index in [1.54, 1.807) is 6.92 Å². The molecule has 11 heteroatoms. The third kappa shape index (κ3) is 8.10. The van der Waals surface area contributed by atoms with Gasteiger partial charge in [-0.25, -0.2) is 9.59 Å². The van der Waals surface area contributed by atoms with Crippen LogP contribution >= 0.6 is 0 Å². The first-order chi connectivity index (χ1) is 22.4. The van der Waals surface area contributed by atoms with E-state index >= 15 is 0 Å². The lowest BCUT2D eigenvalue weighted by Crippen LogP contribution is -2.21. The van der Waals surface area contributed by atoms with Crippen molar-refractivity contribution < 1.29 is 24.9 Å². The first-order valence-corrected chi connectivity index (χ1v) is 15.9. The van der Waals surface area contributed by atoms with Crippen molar-refractivity contribution in [1.82, 2.24) is 9.97 Å². The first-order valence-electron chi connectivity index (χ1n) is 15.9. The fourth-order valence-electron chi connectivity index (χ4n) is 5.54. The van der Waals surface area contributed by atoms with Crippen molar-refractivity contribution in [2.75, 3.05) is 36.0 Å². The summed E-state index contributed by atoms with van der Waals surface area (Å²) in [5, 5.41) is 28.4. The van der Waals surface area contributed by atoms with Crippen LogP contribution in [0.5, 0.6) is 5.75 Å². The smallest absolute Gasteiger partial charge is 0.345 e. The van der Waals surface area contributed by atoms with Crippen molar-refractivity contribution in [2.24, 2.45) is 0 Å². The Morgan fingerprint density at radius 2 is 1.09 bits per heavy atom. The van der Waals surface area contributed by atoms with Gasteiger partial charge in [-0.2, -0.15) is 0 Å². The zero-order valence-electron chi connectivity index (χ0n) is 27.8. The van der Waals surface area contributed by atoms with E-state index in [1.165, 1.54) is 6.07 Å². The van der Waals surface area contributed by atoms with Gasteiger partial charge in [0, 0.05) is 43.1 Å². The second-order valence-corrected chi connectivity index (χ2v) is 10.7. The third-order valence-electron chi connectivity index (χ3n) is 8.16. The lowest BCUT2D eigenvalue weighted by Gasteiger charge is -2.21. The Kier molecular flexibility index (Phi) is 12.5. The Morgan fingerprint density at radius 3 is 1.47 bits per heavy atom. The summed E-state index contributed by atoms with van der Waals surface area (Å²) < 4.78 is 0. The number of aromatic carboxylic acids is 2. The summed E-state index contributed by atoms with van der Waals surface area (Å²) in [6, 6.07) is 17.0. The van der Waals surface area contributed by atoms with Gasteiger partial charge in [0.1, 0.15) is 11.3 Å². The summed E-state index contributed by atoms with van der Waals surface area (Å²) in [4.78, 5) is 56.0. The van der Waals surface area contributed by atoms with Gasteiger partial charge in [-0.1, -0.05) is 38.1 Å². The number of carbonyl (C=O) groups is 2. The Morgan fingerprint density at radius 1 is 0.638 bits per heavy atom. The number of aromatic hydroxyl groups is 1. The van der Waals surface area contributed by atoms with E-state index in [2.05, 4.69) is 47.5 Å². The van der Waals surface area contributed by atoms with Crippen molar-refractivity contribution in [1.29, 1.82) is 0 Å². The maximum atomic E-state index is 12.0. The Balaban J connectivity index is 0.000000256. The predicted molar refractivity (Wildman–Crippen MR) is 186 cm³/mol. The molecule has 2 aromatic carbocycles. The Labute approximate surface area is 274 Å². The van der Waals surface area contributed by atoms with Crippen LogP contribution in [0.4, 0.5) is 11.4 Å². The number of benzene rings is 2. The number of anilines is 2. The van der Waals surface area contributed by atoms with Gasteiger partial charge in [0.25, 0.3) is 11.1 Å². The SMILES string of the molecule is CCc1c(-c2ccc(N(CC)CC)cc2)[nH]c(=O)c(C(=O)O)c1O.CCc1cc(C(=O)O)c(=O)[nH]c1-c1ccc(N(CC)CC)cc1. The van der Waals surface area contributed by atoms with E-state index in [0.717, 1.165) is 54.2 Å². The molecule has 47 heavy (non-hydrogen) atoms. The van der Waals surface area contributed by atoms with E-state index in [4.69, 9.17) is 10.2 Å². The van der Waals surface area contributed by atoms with Gasteiger partial charge in [0.15, 0.2) is 5.56 Å². The second kappa shape index (κ2) is 16.3. The zero-order chi connectivity index (χ0) is 34.8. The van der Waals surface area contributed by atoms with Crippen LogP contribution < -0.4 is 20.9 Å². The first kappa shape index (κ1) is 36.2. The maximum absolute atomic E-state index is 12.0. The van der Waals surface area contributed by atoms with Crippen LogP contribution in [0.3, 0.4) is 0 Å². The minimum atomic E-state index is -1.44. The van der Waals surface area contributed by atoms with Gasteiger partial charge in [-0.3, -0.25) is 9.59 Å². The molecule has 0 fully saturated rings. The summed E-state index contributed by atoms with van der Waals surface area (Å²) in [7, 11) is 0. The molecular formula is C36H44N4O7. The highest BCUT2D eigenvalue weighted by Gasteiger charge is 2.22. The molecule has 0 unspecified atom stereocenters. The van der Waals surface area contributed by atoms with E-state index in [-0.39, 0.29) is 5.56 Å². The highest BCUT2D eigenvalue weighted by atomic mass is 16.4.